The smallest absolute Gasteiger partial charge is 0.328 e. The molecule has 0 amide bonds. The maximum atomic E-state index is 11.3. The molecule has 0 bridgehead atoms. The van der Waals surface area contributed by atoms with Crippen LogP contribution in [0.1, 0.15) is 12.0 Å². The van der Waals surface area contributed by atoms with E-state index in [0.29, 0.717) is 12.2 Å². The van der Waals surface area contributed by atoms with Crippen LogP contribution < -0.4 is 4.74 Å². The Morgan fingerprint density at radius 2 is 2.00 bits per heavy atom. The van der Waals surface area contributed by atoms with Gasteiger partial charge in [0.2, 0.25) is 0 Å². The van der Waals surface area contributed by atoms with Gasteiger partial charge < -0.3 is 9.84 Å². The Morgan fingerprint density at radius 1 is 1.32 bits per heavy atom. The molecule has 2 rings (SSSR count). The summed E-state index contributed by atoms with van der Waals surface area (Å²) in [5.74, 6) is -0.170. The fraction of sp³-hybridized carbons (Fsp3) is 0.308. The topological polar surface area (TPSA) is 80.7 Å². The van der Waals surface area contributed by atoms with E-state index in [1.54, 1.807) is 24.3 Å². The van der Waals surface area contributed by atoms with E-state index in [-0.39, 0.29) is 17.6 Å². The van der Waals surface area contributed by atoms with Crippen molar-refractivity contribution >= 4 is 21.9 Å². The van der Waals surface area contributed by atoms with Gasteiger partial charge in [-0.25, -0.2) is 13.2 Å². The van der Waals surface area contributed by atoms with Crippen molar-refractivity contribution in [2.75, 3.05) is 11.5 Å². The van der Waals surface area contributed by atoms with Gasteiger partial charge in [-0.3, -0.25) is 0 Å². The van der Waals surface area contributed by atoms with Gasteiger partial charge in [0.15, 0.2) is 9.84 Å². The summed E-state index contributed by atoms with van der Waals surface area (Å²) in [4.78, 5) is 10.4. The molecule has 1 saturated heterocycles. The van der Waals surface area contributed by atoms with Crippen LogP contribution in [0, 0.1) is 0 Å². The number of aliphatic carboxylic acids is 1. The van der Waals surface area contributed by atoms with E-state index in [1.807, 2.05) is 0 Å². The number of hydrogen-bond donors (Lipinski definition) is 1. The first-order chi connectivity index (χ1) is 8.94. The first-order valence-electron chi connectivity index (χ1n) is 5.83. The molecule has 0 saturated carbocycles. The Morgan fingerprint density at radius 3 is 2.53 bits per heavy atom. The molecule has 0 aliphatic carbocycles. The van der Waals surface area contributed by atoms with Crippen LogP contribution in [0.5, 0.6) is 5.75 Å². The van der Waals surface area contributed by atoms with E-state index in [9.17, 15) is 13.2 Å². The zero-order chi connectivity index (χ0) is 13.9. The van der Waals surface area contributed by atoms with Crippen LogP contribution in [0.3, 0.4) is 0 Å². The van der Waals surface area contributed by atoms with Gasteiger partial charge >= 0.3 is 5.97 Å². The third-order valence-corrected chi connectivity index (χ3v) is 4.53. The van der Waals surface area contributed by atoms with Crippen LogP contribution in [-0.4, -0.2) is 37.1 Å². The van der Waals surface area contributed by atoms with Crippen molar-refractivity contribution in [1.82, 2.24) is 0 Å². The molecule has 1 aliphatic rings. The van der Waals surface area contributed by atoms with Crippen molar-refractivity contribution in [3.63, 3.8) is 0 Å². The highest BCUT2D eigenvalue weighted by Crippen LogP contribution is 2.20. The molecule has 5 nitrogen and oxygen atoms in total. The van der Waals surface area contributed by atoms with Crippen molar-refractivity contribution in [3.8, 4) is 5.75 Å². The molecule has 1 atom stereocenters. The molecule has 19 heavy (non-hydrogen) atoms. The first kappa shape index (κ1) is 13.6. The van der Waals surface area contributed by atoms with Crippen molar-refractivity contribution in [2.24, 2.45) is 0 Å². The molecule has 1 aromatic carbocycles. The Hall–Kier alpha value is -1.82. The zero-order valence-electron chi connectivity index (χ0n) is 10.2. The van der Waals surface area contributed by atoms with E-state index < -0.39 is 15.8 Å². The summed E-state index contributed by atoms with van der Waals surface area (Å²) in [5.41, 5.74) is 0.744. The average molecular weight is 282 g/mol. The second kappa shape index (κ2) is 5.44. The highest BCUT2D eigenvalue weighted by molar-refractivity contribution is 7.91. The quantitative estimate of drug-likeness (QED) is 0.843. The second-order valence-corrected chi connectivity index (χ2v) is 6.61. The summed E-state index contributed by atoms with van der Waals surface area (Å²) in [5, 5.41) is 8.50. The van der Waals surface area contributed by atoms with Gasteiger partial charge in [0, 0.05) is 6.08 Å². The zero-order valence-corrected chi connectivity index (χ0v) is 11.0. The predicted molar refractivity (Wildman–Crippen MR) is 70.8 cm³/mol. The molecule has 0 radical (unpaired) electrons. The van der Waals surface area contributed by atoms with Crippen molar-refractivity contribution < 1.29 is 23.1 Å². The summed E-state index contributed by atoms with van der Waals surface area (Å²) in [6.07, 6.45) is 2.76. The highest BCUT2D eigenvalue weighted by atomic mass is 32.2. The molecule has 1 aliphatic heterocycles. The molecule has 1 unspecified atom stereocenters. The normalized spacial score (nSPS) is 21.6. The lowest BCUT2D eigenvalue weighted by Gasteiger charge is -2.11. The van der Waals surface area contributed by atoms with E-state index >= 15 is 0 Å². The third-order valence-electron chi connectivity index (χ3n) is 2.79. The number of rotatable bonds is 4. The maximum Gasteiger partial charge on any atom is 0.328 e. The molecule has 102 valence electrons. The summed E-state index contributed by atoms with van der Waals surface area (Å²) in [6, 6.07) is 6.84. The van der Waals surface area contributed by atoms with Gasteiger partial charge in [0.05, 0.1) is 11.5 Å². The molecular formula is C13H14O5S. The minimum absolute atomic E-state index is 0.0632. The maximum absolute atomic E-state index is 11.3. The molecule has 6 heteroatoms. The van der Waals surface area contributed by atoms with Gasteiger partial charge in [-0.15, -0.1) is 0 Å². The number of carboxylic acid groups (broad SMARTS) is 1. The largest absolute Gasteiger partial charge is 0.489 e. The number of sulfone groups is 1. The van der Waals surface area contributed by atoms with Crippen molar-refractivity contribution in [2.45, 2.75) is 12.5 Å². The standard InChI is InChI=1S/C13H14O5S/c14-13(15)6-3-10-1-4-11(5-2-10)18-12-7-8-19(16,17)9-12/h1-6,12H,7-9H2,(H,14,15)/b6-3+. The summed E-state index contributed by atoms with van der Waals surface area (Å²) in [7, 11) is -2.94. The Labute approximate surface area is 111 Å². The first-order valence-corrected chi connectivity index (χ1v) is 7.65. The number of benzene rings is 1. The van der Waals surface area contributed by atoms with Gasteiger partial charge in [0.1, 0.15) is 11.9 Å². The minimum Gasteiger partial charge on any atom is -0.489 e. The lowest BCUT2D eigenvalue weighted by atomic mass is 10.2. The Balaban J connectivity index is 1.98. The van der Waals surface area contributed by atoms with Crippen molar-refractivity contribution in [1.29, 1.82) is 0 Å². The number of carboxylic acids is 1. The second-order valence-electron chi connectivity index (χ2n) is 4.38. The number of ether oxygens (including phenoxy) is 1. The lowest BCUT2D eigenvalue weighted by molar-refractivity contribution is -0.131. The van der Waals surface area contributed by atoms with Gasteiger partial charge in [-0.2, -0.15) is 0 Å². The fourth-order valence-electron chi connectivity index (χ4n) is 1.87. The van der Waals surface area contributed by atoms with Crippen LogP contribution in [-0.2, 0) is 14.6 Å². The van der Waals surface area contributed by atoms with E-state index in [0.717, 1.165) is 11.6 Å². The summed E-state index contributed by atoms with van der Waals surface area (Å²) >= 11 is 0. The molecular weight excluding hydrogens is 268 g/mol. The number of carbonyl (C=O) groups is 1. The summed E-state index contributed by atoms with van der Waals surface area (Å²) < 4.78 is 28.2. The molecule has 1 heterocycles. The lowest BCUT2D eigenvalue weighted by Crippen LogP contribution is -2.17. The predicted octanol–water partition coefficient (Wildman–Crippen LogP) is 1.35. The summed E-state index contributed by atoms with van der Waals surface area (Å²) in [6.45, 7) is 0. The van der Waals surface area contributed by atoms with E-state index in [2.05, 4.69) is 0 Å². The fourth-order valence-corrected chi connectivity index (χ4v) is 3.46. The molecule has 1 aromatic rings. The van der Waals surface area contributed by atoms with E-state index in [4.69, 9.17) is 9.84 Å². The van der Waals surface area contributed by atoms with Crippen LogP contribution in [0.2, 0.25) is 0 Å². The molecule has 0 aromatic heterocycles. The van der Waals surface area contributed by atoms with Crippen molar-refractivity contribution in [3.05, 3.63) is 35.9 Å². The van der Waals surface area contributed by atoms with Crippen LogP contribution in [0.4, 0.5) is 0 Å². The van der Waals surface area contributed by atoms with Crippen LogP contribution >= 0.6 is 0 Å². The van der Waals surface area contributed by atoms with Crippen LogP contribution in [0.15, 0.2) is 30.3 Å². The van der Waals surface area contributed by atoms with Crippen LogP contribution in [0.25, 0.3) is 6.08 Å². The average Bonchev–Trinajstić information content (AvgIpc) is 2.68. The highest BCUT2D eigenvalue weighted by Gasteiger charge is 2.29. The van der Waals surface area contributed by atoms with Gasteiger partial charge in [-0.1, -0.05) is 12.1 Å². The minimum atomic E-state index is -2.94. The van der Waals surface area contributed by atoms with Gasteiger partial charge in [0.25, 0.3) is 0 Å². The Bertz CT molecular complexity index is 586. The van der Waals surface area contributed by atoms with E-state index in [1.165, 1.54) is 6.08 Å². The monoisotopic (exact) mass is 282 g/mol. The molecule has 1 N–H and O–H groups in total. The molecule has 1 fully saturated rings. The number of hydrogen-bond acceptors (Lipinski definition) is 4. The Kier molecular flexibility index (Phi) is 3.90. The van der Waals surface area contributed by atoms with Gasteiger partial charge in [-0.05, 0) is 30.2 Å². The SMILES string of the molecule is O=C(O)/C=C/c1ccc(OC2CCS(=O)(=O)C2)cc1. The third kappa shape index (κ3) is 4.10. The molecule has 0 spiro atoms.